The van der Waals surface area contributed by atoms with Gasteiger partial charge >= 0.3 is 0 Å². The zero-order valence-corrected chi connectivity index (χ0v) is 19.0. The molecule has 2 heterocycles. The Morgan fingerprint density at radius 3 is 2.48 bits per heavy atom. The van der Waals surface area contributed by atoms with Crippen molar-refractivity contribution in [2.24, 2.45) is 5.14 Å². The van der Waals surface area contributed by atoms with Crippen LogP contribution in [-0.2, 0) is 21.4 Å². The molecule has 0 saturated carbocycles. The topological polar surface area (TPSA) is 98.3 Å². The number of benzene rings is 2. The van der Waals surface area contributed by atoms with Gasteiger partial charge in [0.15, 0.2) is 5.16 Å². The summed E-state index contributed by atoms with van der Waals surface area (Å²) in [6, 6.07) is 14.5. The molecule has 1 aromatic heterocycles. The summed E-state index contributed by atoms with van der Waals surface area (Å²) >= 11 is 1.41. The second kappa shape index (κ2) is 9.02. The zero-order chi connectivity index (χ0) is 22.0. The summed E-state index contributed by atoms with van der Waals surface area (Å²) in [4.78, 5) is 20.1. The van der Waals surface area contributed by atoms with Crippen LogP contribution in [0, 0.1) is 0 Å². The van der Waals surface area contributed by atoms with Gasteiger partial charge in [0.1, 0.15) is 5.25 Å². The number of rotatable bonds is 6. The van der Waals surface area contributed by atoms with Gasteiger partial charge in [-0.15, -0.1) is 0 Å². The molecule has 1 amide bonds. The summed E-state index contributed by atoms with van der Waals surface area (Å²) in [5, 5.41) is 5.55. The molecule has 1 aliphatic rings. The van der Waals surface area contributed by atoms with E-state index >= 15 is 0 Å². The Labute approximate surface area is 186 Å². The average Bonchev–Trinajstić information content (AvgIpc) is 3.14. The largest absolute Gasteiger partial charge is 0.341 e. The number of fused-ring (bicyclic) bond motifs is 1. The minimum Gasteiger partial charge on any atom is -0.341 e. The molecule has 9 heteroatoms. The lowest BCUT2D eigenvalue weighted by molar-refractivity contribution is -0.131. The number of hydrogen-bond acceptors (Lipinski definition) is 5. The number of piperidine rings is 1. The number of carbonyl (C=O) groups is 1. The van der Waals surface area contributed by atoms with E-state index in [1.165, 1.54) is 23.9 Å². The molecule has 0 unspecified atom stereocenters. The molecule has 0 bridgehead atoms. The predicted octanol–water partition coefficient (Wildman–Crippen LogP) is 3.55. The van der Waals surface area contributed by atoms with Gasteiger partial charge in [-0.3, -0.25) is 4.79 Å². The number of thioether (sulfide) groups is 1. The van der Waals surface area contributed by atoms with Gasteiger partial charge in [0.05, 0.1) is 15.9 Å². The number of aryl methyl sites for hydroxylation is 1. The van der Waals surface area contributed by atoms with Crippen LogP contribution in [0.1, 0.15) is 37.0 Å². The summed E-state index contributed by atoms with van der Waals surface area (Å²) in [7, 11) is -3.82. The third-order valence-electron chi connectivity index (χ3n) is 5.55. The SMILES string of the molecule is CCn1c(S[C@H](C(=O)N2CCCCC2)c2ccccc2)nc2cc(S(N)(=O)=O)ccc21. The van der Waals surface area contributed by atoms with Crippen molar-refractivity contribution in [1.82, 2.24) is 14.5 Å². The molecule has 1 aliphatic heterocycles. The Morgan fingerprint density at radius 2 is 1.84 bits per heavy atom. The van der Waals surface area contributed by atoms with Gasteiger partial charge < -0.3 is 9.47 Å². The molecule has 1 saturated heterocycles. The third kappa shape index (κ3) is 4.63. The molecule has 0 spiro atoms. The number of likely N-dealkylation sites (tertiary alicyclic amines) is 1. The Hall–Kier alpha value is -2.36. The van der Waals surface area contributed by atoms with Crippen molar-refractivity contribution >= 4 is 38.7 Å². The lowest BCUT2D eigenvalue weighted by Gasteiger charge is -2.30. The lowest BCUT2D eigenvalue weighted by Crippen LogP contribution is -2.38. The number of hydrogen-bond donors (Lipinski definition) is 1. The monoisotopic (exact) mass is 458 g/mol. The minimum atomic E-state index is -3.82. The lowest BCUT2D eigenvalue weighted by atomic mass is 10.1. The summed E-state index contributed by atoms with van der Waals surface area (Å²) in [6.07, 6.45) is 3.22. The zero-order valence-electron chi connectivity index (χ0n) is 17.4. The number of primary sulfonamides is 1. The number of nitrogens with two attached hydrogens (primary N) is 1. The van der Waals surface area contributed by atoms with Crippen LogP contribution in [0.25, 0.3) is 11.0 Å². The van der Waals surface area contributed by atoms with Crippen molar-refractivity contribution < 1.29 is 13.2 Å². The van der Waals surface area contributed by atoms with Crippen LogP contribution in [0.5, 0.6) is 0 Å². The first-order valence-corrected chi connectivity index (χ1v) is 12.8. The van der Waals surface area contributed by atoms with E-state index in [1.807, 2.05) is 46.7 Å². The Morgan fingerprint density at radius 1 is 1.13 bits per heavy atom. The van der Waals surface area contributed by atoms with Crippen LogP contribution in [0.3, 0.4) is 0 Å². The van der Waals surface area contributed by atoms with Crippen molar-refractivity contribution in [1.29, 1.82) is 0 Å². The fourth-order valence-electron chi connectivity index (χ4n) is 3.93. The number of nitrogens with zero attached hydrogens (tertiary/aromatic N) is 3. The highest BCUT2D eigenvalue weighted by molar-refractivity contribution is 8.00. The molecule has 3 aromatic rings. The standard InChI is InChI=1S/C22H26N4O3S2/c1-2-26-19-12-11-17(31(23,28)29)15-18(19)24-22(26)30-20(16-9-5-3-6-10-16)21(27)25-13-7-4-8-14-25/h3,5-6,9-12,15,20H,2,4,7-8,13-14H2,1H3,(H2,23,28,29)/t20-/m0/s1. The highest BCUT2D eigenvalue weighted by Crippen LogP contribution is 2.38. The molecular formula is C22H26N4O3S2. The van der Waals surface area contributed by atoms with Crippen LogP contribution >= 0.6 is 11.8 Å². The second-order valence-corrected chi connectivity index (χ2v) is 10.3. The van der Waals surface area contributed by atoms with E-state index in [0.717, 1.165) is 43.4 Å². The second-order valence-electron chi connectivity index (χ2n) is 7.63. The smallest absolute Gasteiger partial charge is 0.240 e. The van der Waals surface area contributed by atoms with Crippen molar-refractivity contribution in [2.45, 2.75) is 48.0 Å². The van der Waals surface area contributed by atoms with E-state index in [0.29, 0.717) is 17.2 Å². The van der Waals surface area contributed by atoms with Crippen molar-refractivity contribution in [3.8, 4) is 0 Å². The average molecular weight is 459 g/mol. The maximum absolute atomic E-state index is 13.5. The van der Waals surface area contributed by atoms with E-state index in [2.05, 4.69) is 4.98 Å². The van der Waals surface area contributed by atoms with Crippen molar-refractivity contribution in [2.75, 3.05) is 13.1 Å². The van der Waals surface area contributed by atoms with Gasteiger partial charge in [0, 0.05) is 19.6 Å². The number of amides is 1. The molecule has 164 valence electrons. The van der Waals surface area contributed by atoms with Crippen LogP contribution < -0.4 is 5.14 Å². The van der Waals surface area contributed by atoms with E-state index in [9.17, 15) is 13.2 Å². The van der Waals surface area contributed by atoms with E-state index in [4.69, 9.17) is 5.14 Å². The van der Waals surface area contributed by atoms with Gasteiger partial charge in [-0.2, -0.15) is 0 Å². The molecule has 2 N–H and O–H groups in total. The molecule has 1 fully saturated rings. The Kier molecular flexibility index (Phi) is 6.36. The summed E-state index contributed by atoms with van der Waals surface area (Å²) in [6.45, 7) is 4.21. The molecule has 0 aliphatic carbocycles. The molecule has 2 aromatic carbocycles. The van der Waals surface area contributed by atoms with E-state index in [-0.39, 0.29) is 10.8 Å². The van der Waals surface area contributed by atoms with Crippen LogP contribution in [-0.4, -0.2) is 41.9 Å². The normalized spacial score (nSPS) is 15.9. The van der Waals surface area contributed by atoms with Crippen molar-refractivity contribution in [3.05, 3.63) is 54.1 Å². The van der Waals surface area contributed by atoms with E-state index < -0.39 is 15.3 Å². The third-order valence-corrected chi connectivity index (χ3v) is 7.69. The Balaban J connectivity index is 1.74. The van der Waals surface area contributed by atoms with E-state index in [1.54, 1.807) is 6.07 Å². The van der Waals surface area contributed by atoms with Gasteiger partial charge in [-0.05, 0) is 49.9 Å². The first-order chi connectivity index (χ1) is 14.9. The minimum absolute atomic E-state index is 0.0290. The number of aromatic nitrogens is 2. The van der Waals surface area contributed by atoms with Gasteiger partial charge in [0.2, 0.25) is 15.9 Å². The molecule has 0 radical (unpaired) electrons. The first kappa shape index (κ1) is 21.9. The van der Waals surface area contributed by atoms with Crippen molar-refractivity contribution in [3.63, 3.8) is 0 Å². The maximum Gasteiger partial charge on any atom is 0.240 e. The fraction of sp³-hybridized carbons (Fsp3) is 0.364. The predicted molar refractivity (Wildman–Crippen MR) is 122 cm³/mol. The maximum atomic E-state index is 13.5. The molecule has 31 heavy (non-hydrogen) atoms. The van der Waals surface area contributed by atoms with Gasteiger partial charge in [-0.25, -0.2) is 18.5 Å². The van der Waals surface area contributed by atoms with Crippen LogP contribution in [0.15, 0.2) is 58.6 Å². The number of sulfonamides is 1. The summed E-state index contributed by atoms with van der Waals surface area (Å²) in [5.41, 5.74) is 2.30. The molecular weight excluding hydrogens is 432 g/mol. The molecule has 1 atom stereocenters. The van der Waals surface area contributed by atoms with Gasteiger partial charge in [-0.1, -0.05) is 42.1 Å². The van der Waals surface area contributed by atoms with Crippen LogP contribution in [0.4, 0.5) is 0 Å². The molecule has 4 rings (SSSR count). The highest BCUT2D eigenvalue weighted by atomic mass is 32.2. The molecule has 7 nitrogen and oxygen atoms in total. The number of imidazole rings is 1. The summed E-state index contributed by atoms with van der Waals surface area (Å²) < 4.78 is 25.5. The van der Waals surface area contributed by atoms with Crippen LogP contribution in [0.2, 0.25) is 0 Å². The summed E-state index contributed by atoms with van der Waals surface area (Å²) in [5.74, 6) is 0.0934. The number of carbonyl (C=O) groups excluding carboxylic acids is 1. The fourth-order valence-corrected chi connectivity index (χ4v) is 5.73. The highest BCUT2D eigenvalue weighted by Gasteiger charge is 2.30. The quantitative estimate of drug-likeness (QED) is 0.570. The Bertz CT molecular complexity index is 1190. The first-order valence-electron chi connectivity index (χ1n) is 10.4. The van der Waals surface area contributed by atoms with Gasteiger partial charge in [0.25, 0.3) is 0 Å².